The van der Waals surface area contributed by atoms with Gasteiger partial charge in [-0.25, -0.2) is 0 Å². The van der Waals surface area contributed by atoms with Gasteiger partial charge in [0.25, 0.3) is 11.8 Å². The van der Waals surface area contributed by atoms with Crippen LogP contribution in [0.5, 0.6) is 5.75 Å². The van der Waals surface area contributed by atoms with Crippen LogP contribution in [0, 0.1) is 11.3 Å². The van der Waals surface area contributed by atoms with Crippen LogP contribution in [0.2, 0.25) is 0 Å². The standard InChI is InChI=1S/C17H15N3O3/c1-11(23-15-8-3-2-7-14(15)16(19)21)17(22)20-13-6-4-5-12(9-13)10-18/h2-9,11H,1H3,(H2,19,21)(H,20,22)/t11-/m0/s1. The fraction of sp³-hybridized carbons (Fsp3) is 0.118. The predicted molar refractivity (Wildman–Crippen MR) is 84.8 cm³/mol. The molecule has 0 bridgehead atoms. The lowest BCUT2D eigenvalue weighted by Gasteiger charge is -2.16. The first-order valence-electron chi connectivity index (χ1n) is 6.88. The maximum Gasteiger partial charge on any atom is 0.265 e. The predicted octanol–water partition coefficient (Wildman–Crippen LogP) is 2.06. The molecule has 2 aromatic rings. The molecule has 0 aliphatic rings. The summed E-state index contributed by atoms with van der Waals surface area (Å²) in [5, 5.41) is 11.5. The van der Waals surface area contributed by atoms with Crippen LogP contribution in [0.25, 0.3) is 0 Å². The molecule has 0 unspecified atom stereocenters. The Balaban J connectivity index is 2.09. The third-order valence-corrected chi connectivity index (χ3v) is 3.08. The van der Waals surface area contributed by atoms with E-state index in [0.29, 0.717) is 11.3 Å². The van der Waals surface area contributed by atoms with Crippen molar-refractivity contribution >= 4 is 17.5 Å². The van der Waals surface area contributed by atoms with E-state index >= 15 is 0 Å². The van der Waals surface area contributed by atoms with Crippen LogP contribution in [0.15, 0.2) is 48.5 Å². The molecule has 0 radical (unpaired) electrons. The van der Waals surface area contributed by atoms with Crippen molar-refractivity contribution in [3.63, 3.8) is 0 Å². The van der Waals surface area contributed by atoms with Crippen LogP contribution in [0.4, 0.5) is 5.69 Å². The lowest BCUT2D eigenvalue weighted by Crippen LogP contribution is -2.30. The van der Waals surface area contributed by atoms with Gasteiger partial charge in [-0.05, 0) is 37.3 Å². The van der Waals surface area contributed by atoms with Crippen molar-refractivity contribution in [3.05, 3.63) is 59.7 Å². The molecule has 1 atom stereocenters. The fourth-order valence-corrected chi connectivity index (χ4v) is 1.93. The number of carbonyl (C=O) groups is 2. The highest BCUT2D eigenvalue weighted by Crippen LogP contribution is 2.19. The number of carbonyl (C=O) groups excluding carboxylic acids is 2. The van der Waals surface area contributed by atoms with Gasteiger partial charge in [0.2, 0.25) is 0 Å². The van der Waals surface area contributed by atoms with Crippen LogP contribution in [0.3, 0.4) is 0 Å². The Morgan fingerprint density at radius 1 is 1.22 bits per heavy atom. The summed E-state index contributed by atoms with van der Waals surface area (Å²) in [6, 6.07) is 15.0. The second-order valence-electron chi connectivity index (χ2n) is 4.80. The minimum atomic E-state index is -0.846. The Morgan fingerprint density at radius 3 is 2.65 bits per heavy atom. The van der Waals surface area contributed by atoms with Crippen LogP contribution >= 0.6 is 0 Å². The van der Waals surface area contributed by atoms with Gasteiger partial charge >= 0.3 is 0 Å². The smallest absolute Gasteiger partial charge is 0.265 e. The number of hydrogen-bond acceptors (Lipinski definition) is 4. The number of nitrogens with one attached hydrogen (secondary N) is 1. The molecule has 0 saturated carbocycles. The summed E-state index contributed by atoms with van der Waals surface area (Å²) in [4.78, 5) is 23.5. The molecule has 0 fully saturated rings. The van der Waals surface area contributed by atoms with Crippen LogP contribution in [-0.2, 0) is 4.79 Å². The SMILES string of the molecule is C[C@H](Oc1ccccc1C(N)=O)C(=O)Nc1cccc(C#N)c1. The maximum atomic E-state index is 12.2. The first kappa shape index (κ1) is 16.0. The Hall–Kier alpha value is -3.33. The third kappa shape index (κ3) is 4.08. The van der Waals surface area contributed by atoms with Crippen LogP contribution in [0.1, 0.15) is 22.8 Å². The monoisotopic (exact) mass is 309 g/mol. The highest BCUT2D eigenvalue weighted by atomic mass is 16.5. The molecular formula is C17H15N3O3. The molecule has 6 heteroatoms. The summed E-state index contributed by atoms with van der Waals surface area (Å²) in [6.45, 7) is 1.56. The molecule has 0 spiro atoms. The molecule has 2 aromatic carbocycles. The number of primary amides is 1. The van der Waals surface area contributed by atoms with Crippen molar-refractivity contribution in [2.75, 3.05) is 5.32 Å². The topological polar surface area (TPSA) is 105 Å². The summed E-state index contributed by atoms with van der Waals surface area (Å²) >= 11 is 0. The van der Waals surface area contributed by atoms with E-state index in [1.807, 2.05) is 6.07 Å². The van der Waals surface area contributed by atoms with E-state index in [2.05, 4.69) is 5.32 Å². The van der Waals surface area contributed by atoms with Gasteiger partial charge in [-0.15, -0.1) is 0 Å². The van der Waals surface area contributed by atoms with Gasteiger partial charge in [0, 0.05) is 5.69 Å². The van der Waals surface area contributed by atoms with Gasteiger partial charge in [-0.2, -0.15) is 5.26 Å². The Labute approximate surface area is 133 Å². The van der Waals surface area contributed by atoms with E-state index in [0.717, 1.165) is 0 Å². The van der Waals surface area contributed by atoms with Crippen LogP contribution in [-0.4, -0.2) is 17.9 Å². The minimum absolute atomic E-state index is 0.207. The number of ether oxygens (including phenoxy) is 1. The summed E-state index contributed by atoms with van der Waals surface area (Å²) in [6.07, 6.45) is -0.846. The van der Waals surface area contributed by atoms with Crippen molar-refractivity contribution in [2.24, 2.45) is 5.73 Å². The molecule has 23 heavy (non-hydrogen) atoms. The molecule has 2 rings (SSSR count). The van der Waals surface area contributed by atoms with Gasteiger partial charge in [0.05, 0.1) is 17.2 Å². The third-order valence-electron chi connectivity index (χ3n) is 3.08. The Morgan fingerprint density at radius 2 is 1.96 bits per heavy atom. The molecule has 0 aliphatic carbocycles. The van der Waals surface area contributed by atoms with Crippen molar-refractivity contribution in [2.45, 2.75) is 13.0 Å². The molecule has 3 N–H and O–H groups in total. The number of benzene rings is 2. The molecule has 0 heterocycles. The zero-order valence-corrected chi connectivity index (χ0v) is 12.4. The highest BCUT2D eigenvalue weighted by molar-refractivity contribution is 5.96. The fourth-order valence-electron chi connectivity index (χ4n) is 1.93. The van der Waals surface area contributed by atoms with E-state index in [1.165, 1.54) is 6.07 Å². The van der Waals surface area contributed by atoms with Gasteiger partial charge < -0.3 is 15.8 Å². The number of rotatable bonds is 5. The maximum absolute atomic E-state index is 12.2. The van der Waals surface area contributed by atoms with Gasteiger partial charge in [-0.3, -0.25) is 9.59 Å². The van der Waals surface area contributed by atoms with Crippen LogP contribution < -0.4 is 15.8 Å². The number of nitriles is 1. The molecule has 0 aliphatic heterocycles. The summed E-state index contributed by atoms with van der Waals surface area (Å²) in [5.41, 5.74) is 6.41. The first-order chi connectivity index (χ1) is 11.0. The summed E-state index contributed by atoms with van der Waals surface area (Å²) < 4.78 is 5.52. The highest BCUT2D eigenvalue weighted by Gasteiger charge is 2.18. The normalized spacial score (nSPS) is 11.1. The number of anilines is 1. The Bertz CT molecular complexity index is 781. The van der Waals surface area contributed by atoms with E-state index < -0.39 is 17.9 Å². The molecule has 0 saturated heterocycles. The lowest BCUT2D eigenvalue weighted by atomic mass is 10.2. The van der Waals surface area contributed by atoms with Crippen molar-refractivity contribution in [3.8, 4) is 11.8 Å². The Kier molecular flexibility index (Phi) is 4.95. The van der Waals surface area contributed by atoms with E-state index in [1.54, 1.807) is 49.4 Å². The lowest BCUT2D eigenvalue weighted by molar-refractivity contribution is -0.122. The zero-order chi connectivity index (χ0) is 16.8. The second kappa shape index (κ2) is 7.09. The van der Waals surface area contributed by atoms with Crippen molar-refractivity contribution in [1.29, 1.82) is 5.26 Å². The zero-order valence-electron chi connectivity index (χ0n) is 12.4. The number of nitrogens with zero attached hydrogens (tertiary/aromatic N) is 1. The average Bonchev–Trinajstić information content (AvgIpc) is 2.55. The van der Waals surface area contributed by atoms with Gasteiger partial charge in [-0.1, -0.05) is 18.2 Å². The van der Waals surface area contributed by atoms with E-state index in [-0.39, 0.29) is 11.3 Å². The molecule has 116 valence electrons. The van der Waals surface area contributed by atoms with E-state index in [4.69, 9.17) is 15.7 Å². The quantitative estimate of drug-likeness (QED) is 0.881. The minimum Gasteiger partial charge on any atom is -0.480 e. The first-order valence-corrected chi connectivity index (χ1v) is 6.88. The number of hydrogen-bond donors (Lipinski definition) is 2. The van der Waals surface area contributed by atoms with Crippen molar-refractivity contribution < 1.29 is 14.3 Å². The summed E-state index contributed by atoms with van der Waals surface area (Å²) in [5.74, 6) is -0.789. The van der Waals surface area contributed by atoms with E-state index in [9.17, 15) is 9.59 Å². The number of nitrogens with two attached hydrogens (primary N) is 1. The van der Waals surface area contributed by atoms with Gasteiger partial charge in [0.1, 0.15) is 5.75 Å². The molecule has 2 amide bonds. The number of para-hydroxylation sites is 1. The second-order valence-corrected chi connectivity index (χ2v) is 4.80. The molecular weight excluding hydrogens is 294 g/mol. The average molecular weight is 309 g/mol. The molecule has 6 nitrogen and oxygen atoms in total. The molecule has 0 aromatic heterocycles. The summed E-state index contributed by atoms with van der Waals surface area (Å²) in [7, 11) is 0. The number of amides is 2. The van der Waals surface area contributed by atoms with Gasteiger partial charge in [0.15, 0.2) is 6.10 Å². The van der Waals surface area contributed by atoms with Crippen molar-refractivity contribution in [1.82, 2.24) is 0 Å². The largest absolute Gasteiger partial charge is 0.480 e.